The lowest BCUT2D eigenvalue weighted by atomic mass is 9.67. The molecule has 5 rings (SSSR count). The Labute approximate surface area is 125 Å². The summed E-state index contributed by atoms with van der Waals surface area (Å²) < 4.78 is 11.7. The first kappa shape index (κ1) is 12.8. The molecule has 0 aliphatic heterocycles. The molecule has 0 heterocycles. The Hall–Kier alpha value is -1.96. The molecule has 0 spiro atoms. The Bertz CT molecular complexity index is 758. The normalized spacial score (nSPS) is 22.9. The smallest absolute Gasteiger partial charge is 0.131 e. The number of ether oxygens (including phenoxy) is 2. The van der Waals surface area contributed by atoms with Gasteiger partial charge in [-0.15, -0.1) is 0 Å². The Morgan fingerprint density at radius 1 is 0.905 bits per heavy atom. The van der Waals surface area contributed by atoms with Gasteiger partial charge in [-0.05, 0) is 19.8 Å². The fourth-order valence-electron chi connectivity index (χ4n) is 4.26. The molecule has 2 nitrogen and oxygen atoms in total. The van der Waals surface area contributed by atoms with Crippen LogP contribution in [0.1, 0.15) is 42.7 Å². The average Bonchev–Trinajstić information content (AvgIpc) is 2.52. The van der Waals surface area contributed by atoms with E-state index < -0.39 is 0 Å². The lowest BCUT2D eigenvalue weighted by molar-refractivity contribution is 0.383. The Balaban J connectivity index is 2.17. The van der Waals surface area contributed by atoms with Crippen LogP contribution >= 0.6 is 0 Å². The molecule has 0 N–H and O–H groups in total. The van der Waals surface area contributed by atoms with Crippen molar-refractivity contribution in [1.29, 1.82) is 0 Å². The molecule has 2 unspecified atom stereocenters. The van der Waals surface area contributed by atoms with Gasteiger partial charge < -0.3 is 9.47 Å². The van der Waals surface area contributed by atoms with Crippen molar-refractivity contribution in [3.8, 4) is 11.5 Å². The van der Waals surface area contributed by atoms with Gasteiger partial charge in [-0.3, -0.25) is 0 Å². The molecule has 0 saturated carbocycles. The average molecular weight is 280 g/mol. The zero-order valence-electron chi connectivity index (χ0n) is 12.8. The Morgan fingerprint density at radius 3 is 2.10 bits per heavy atom. The molecule has 2 aromatic rings. The van der Waals surface area contributed by atoms with E-state index >= 15 is 0 Å². The minimum absolute atomic E-state index is 0.471. The van der Waals surface area contributed by atoms with E-state index in [1.807, 2.05) is 0 Å². The Morgan fingerprint density at radius 2 is 1.52 bits per heavy atom. The van der Waals surface area contributed by atoms with Gasteiger partial charge in [0.15, 0.2) is 0 Å². The quantitative estimate of drug-likeness (QED) is 0.737. The number of rotatable bonds is 2. The zero-order valence-corrected chi connectivity index (χ0v) is 12.8. The van der Waals surface area contributed by atoms with Gasteiger partial charge in [0.1, 0.15) is 11.5 Å². The monoisotopic (exact) mass is 280 g/mol. The van der Waals surface area contributed by atoms with Crippen molar-refractivity contribution in [1.82, 2.24) is 0 Å². The van der Waals surface area contributed by atoms with Crippen molar-refractivity contribution < 1.29 is 9.47 Å². The van der Waals surface area contributed by atoms with Crippen molar-refractivity contribution in [2.45, 2.75) is 31.6 Å². The van der Waals surface area contributed by atoms with Crippen molar-refractivity contribution in [3.63, 3.8) is 0 Å². The minimum Gasteiger partial charge on any atom is -0.496 e. The number of hydrogen-bond donors (Lipinski definition) is 0. The standard InChI is InChI=1S/C19H20O2/c1-11-10-12-8-9-13(11)17-16(12)18(20-2)14-6-4-5-7-15(14)19(17)21-3/h4-7,10,12-13H,8-9H2,1-3H3. The number of hydrogen-bond acceptors (Lipinski definition) is 2. The van der Waals surface area contributed by atoms with Crippen LogP contribution in [0, 0.1) is 0 Å². The van der Waals surface area contributed by atoms with Gasteiger partial charge in [0.25, 0.3) is 0 Å². The van der Waals surface area contributed by atoms with Crippen molar-refractivity contribution in [3.05, 3.63) is 47.0 Å². The summed E-state index contributed by atoms with van der Waals surface area (Å²) in [6, 6.07) is 8.41. The highest BCUT2D eigenvalue weighted by Gasteiger charge is 2.38. The fraction of sp³-hybridized carbons (Fsp3) is 0.368. The molecule has 3 aliphatic rings. The van der Waals surface area contributed by atoms with E-state index in [1.54, 1.807) is 14.2 Å². The van der Waals surface area contributed by atoms with E-state index in [2.05, 4.69) is 37.3 Å². The molecule has 2 heteroatoms. The zero-order chi connectivity index (χ0) is 14.6. The molecular formula is C19H20O2. The van der Waals surface area contributed by atoms with Gasteiger partial charge in [-0.1, -0.05) is 35.9 Å². The topological polar surface area (TPSA) is 18.5 Å². The summed E-state index contributed by atoms with van der Waals surface area (Å²) in [5.74, 6) is 3.04. The summed E-state index contributed by atoms with van der Waals surface area (Å²) in [6.07, 6.45) is 4.86. The highest BCUT2D eigenvalue weighted by Crippen LogP contribution is 2.57. The number of fused-ring (bicyclic) bond motifs is 2. The third kappa shape index (κ3) is 1.59. The highest BCUT2D eigenvalue weighted by molar-refractivity contribution is 5.97. The van der Waals surface area contributed by atoms with Gasteiger partial charge in [0, 0.05) is 33.7 Å². The summed E-state index contributed by atoms with van der Waals surface area (Å²) in [7, 11) is 3.57. The lowest BCUT2D eigenvalue weighted by Gasteiger charge is -2.39. The van der Waals surface area contributed by atoms with Crippen molar-refractivity contribution in [2.24, 2.45) is 0 Å². The molecule has 2 aromatic carbocycles. The second-order valence-electron chi connectivity index (χ2n) is 6.09. The predicted octanol–water partition coefficient (Wildman–Crippen LogP) is 4.78. The molecule has 0 fully saturated rings. The summed E-state index contributed by atoms with van der Waals surface area (Å²) in [5.41, 5.74) is 4.20. The first-order valence-electron chi connectivity index (χ1n) is 7.61. The summed E-state index contributed by atoms with van der Waals surface area (Å²) in [5, 5.41) is 2.32. The molecule has 0 aromatic heterocycles. The summed E-state index contributed by atoms with van der Waals surface area (Å²) >= 11 is 0. The molecule has 0 saturated heterocycles. The maximum absolute atomic E-state index is 5.84. The van der Waals surface area contributed by atoms with Gasteiger partial charge in [-0.25, -0.2) is 0 Å². The first-order chi connectivity index (χ1) is 10.3. The van der Waals surface area contributed by atoms with Crippen LogP contribution in [0.25, 0.3) is 10.8 Å². The molecule has 2 atom stereocenters. The van der Waals surface area contributed by atoms with Gasteiger partial charge in [0.05, 0.1) is 14.2 Å². The third-order valence-electron chi connectivity index (χ3n) is 5.10. The fourth-order valence-corrected chi connectivity index (χ4v) is 4.26. The number of benzene rings is 2. The van der Waals surface area contributed by atoms with Crippen LogP contribution in [0.5, 0.6) is 11.5 Å². The maximum atomic E-state index is 5.84. The van der Waals surface area contributed by atoms with Crippen LogP contribution in [0.3, 0.4) is 0 Å². The number of methoxy groups -OCH3 is 2. The predicted molar refractivity (Wildman–Crippen MR) is 85.5 cm³/mol. The molecule has 108 valence electrons. The van der Waals surface area contributed by atoms with E-state index in [4.69, 9.17) is 9.47 Å². The summed E-state index contributed by atoms with van der Waals surface area (Å²) in [6.45, 7) is 2.25. The minimum atomic E-state index is 0.471. The van der Waals surface area contributed by atoms with Crippen molar-refractivity contribution in [2.75, 3.05) is 14.2 Å². The Kier molecular flexibility index (Phi) is 2.75. The summed E-state index contributed by atoms with van der Waals surface area (Å²) in [4.78, 5) is 0. The molecule has 0 amide bonds. The van der Waals surface area contributed by atoms with Crippen LogP contribution in [-0.2, 0) is 0 Å². The molecule has 0 radical (unpaired) electrons. The van der Waals surface area contributed by atoms with Crippen molar-refractivity contribution >= 4 is 10.8 Å². The highest BCUT2D eigenvalue weighted by atomic mass is 16.5. The van der Waals surface area contributed by atoms with Crippen LogP contribution in [0.15, 0.2) is 35.9 Å². The third-order valence-corrected chi connectivity index (χ3v) is 5.10. The van der Waals surface area contributed by atoms with Gasteiger partial charge >= 0.3 is 0 Å². The molecule has 21 heavy (non-hydrogen) atoms. The van der Waals surface area contributed by atoms with E-state index in [0.717, 1.165) is 22.3 Å². The van der Waals surface area contributed by atoms with E-state index in [0.29, 0.717) is 11.8 Å². The second kappa shape index (κ2) is 4.52. The van der Waals surface area contributed by atoms with E-state index in [9.17, 15) is 0 Å². The first-order valence-corrected chi connectivity index (χ1v) is 7.61. The van der Waals surface area contributed by atoms with Crippen LogP contribution < -0.4 is 9.47 Å². The van der Waals surface area contributed by atoms with Crippen LogP contribution in [0.4, 0.5) is 0 Å². The van der Waals surface area contributed by atoms with Gasteiger partial charge in [0.2, 0.25) is 0 Å². The second-order valence-corrected chi connectivity index (χ2v) is 6.09. The molecular weight excluding hydrogens is 260 g/mol. The number of allylic oxidation sites excluding steroid dienone is 2. The van der Waals surface area contributed by atoms with Gasteiger partial charge in [-0.2, -0.15) is 0 Å². The van der Waals surface area contributed by atoms with E-state index in [-0.39, 0.29) is 0 Å². The molecule has 3 aliphatic carbocycles. The van der Waals surface area contributed by atoms with Crippen LogP contribution in [-0.4, -0.2) is 14.2 Å². The largest absolute Gasteiger partial charge is 0.496 e. The molecule has 2 bridgehead atoms. The van der Waals surface area contributed by atoms with Crippen LogP contribution in [0.2, 0.25) is 0 Å². The van der Waals surface area contributed by atoms with E-state index in [1.165, 1.54) is 29.5 Å². The SMILES string of the molecule is COc1c2c(c(OC)c3ccccc13)C1CCC2C=C1C. The lowest BCUT2D eigenvalue weighted by Crippen LogP contribution is -2.22. The maximum Gasteiger partial charge on any atom is 0.131 e.